The minimum Gasteiger partial charge on any atom is -0.396 e. The molecule has 3 atom stereocenters. The summed E-state index contributed by atoms with van der Waals surface area (Å²) in [4.78, 5) is 0. The molecule has 2 nitrogen and oxygen atoms in total. The molecule has 3 rings (SSSR count). The fraction of sp³-hybridized carbons (Fsp3) is 0.867. The van der Waals surface area contributed by atoms with Crippen molar-refractivity contribution in [1.29, 1.82) is 0 Å². The van der Waals surface area contributed by atoms with Gasteiger partial charge in [-0.05, 0) is 30.1 Å². The van der Waals surface area contributed by atoms with Crippen LogP contribution < -0.4 is 0 Å². The standard InChI is InChI=1S/C15H24O2/c16-9-15(10-17)13-7-6-12(8-13)14(15)11-4-2-1-3-5-11/h6-7,11-14,16-17H,1-5,8-10H2. The third-order valence-corrected chi connectivity index (χ3v) is 5.73. The van der Waals surface area contributed by atoms with E-state index in [1.807, 2.05) is 0 Å². The first kappa shape index (κ1) is 11.7. The Morgan fingerprint density at radius 2 is 1.71 bits per heavy atom. The molecule has 0 aromatic carbocycles. The number of fused-ring (bicyclic) bond motifs is 2. The van der Waals surface area contributed by atoms with Crippen molar-refractivity contribution in [3.8, 4) is 0 Å². The Bertz CT molecular complexity index is 300. The minimum atomic E-state index is -0.207. The van der Waals surface area contributed by atoms with Crippen LogP contribution in [0.1, 0.15) is 38.5 Å². The van der Waals surface area contributed by atoms with E-state index < -0.39 is 0 Å². The van der Waals surface area contributed by atoms with Crippen molar-refractivity contribution in [2.24, 2.45) is 29.1 Å². The van der Waals surface area contributed by atoms with E-state index in [9.17, 15) is 10.2 Å². The van der Waals surface area contributed by atoms with E-state index >= 15 is 0 Å². The zero-order valence-electron chi connectivity index (χ0n) is 10.5. The molecule has 2 heteroatoms. The highest BCUT2D eigenvalue weighted by Crippen LogP contribution is 2.60. The molecule has 3 unspecified atom stereocenters. The molecular formula is C15H24O2. The summed E-state index contributed by atoms with van der Waals surface area (Å²) in [5, 5.41) is 19.7. The van der Waals surface area contributed by atoms with Gasteiger partial charge in [-0.3, -0.25) is 0 Å². The molecule has 2 fully saturated rings. The first-order chi connectivity index (χ1) is 8.31. The second-order valence-electron chi connectivity index (χ2n) is 6.36. The SMILES string of the molecule is OCC1(CO)C2C=CC(C2)C1C1CCCCC1. The van der Waals surface area contributed by atoms with Crippen LogP contribution in [-0.4, -0.2) is 23.4 Å². The summed E-state index contributed by atoms with van der Waals surface area (Å²) >= 11 is 0. The largest absolute Gasteiger partial charge is 0.396 e. The minimum absolute atomic E-state index is 0.163. The van der Waals surface area contributed by atoms with Crippen LogP contribution in [0.2, 0.25) is 0 Å². The van der Waals surface area contributed by atoms with Crippen LogP contribution in [-0.2, 0) is 0 Å². The molecule has 0 aromatic heterocycles. The van der Waals surface area contributed by atoms with Gasteiger partial charge in [-0.25, -0.2) is 0 Å². The van der Waals surface area contributed by atoms with Gasteiger partial charge in [0, 0.05) is 5.41 Å². The van der Waals surface area contributed by atoms with Crippen LogP contribution in [0.25, 0.3) is 0 Å². The van der Waals surface area contributed by atoms with Crippen molar-refractivity contribution in [3.63, 3.8) is 0 Å². The number of aliphatic hydroxyl groups is 2. The number of hydrogen-bond acceptors (Lipinski definition) is 2. The quantitative estimate of drug-likeness (QED) is 0.739. The third-order valence-electron chi connectivity index (χ3n) is 5.73. The molecule has 3 aliphatic rings. The van der Waals surface area contributed by atoms with Gasteiger partial charge in [0.05, 0.1) is 13.2 Å². The first-order valence-corrected chi connectivity index (χ1v) is 7.22. The summed E-state index contributed by atoms with van der Waals surface area (Å²) < 4.78 is 0. The zero-order chi connectivity index (χ0) is 11.9. The lowest BCUT2D eigenvalue weighted by molar-refractivity contribution is -0.0358. The topological polar surface area (TPSA) is 40.5 Å². The fourth-order valence-electron chi connectivity index (χ4n) is 4.90. The summed E-state index contributed by atoms with van der Waals surface area (Å²) in [7, 11) is 0. The average Bonchev–Trinajstić information content (AvgIpc) is 2.98. The normalized spacial score (nSPS) is 40.0. The molecule has 0 heterocycles. The number of allylic oxidation sites excluding steroid dienone is 2. The third kappa shape index (κ3) is 1.61. The Hall–Kier alpha value is -0.340. The van der Waals surface area contributed by atoms with Crippen molar-refractivity contribution in [3.05, 3.63) is 12.2 Å². The average molecular weight is 236 g/mol. The fourth-order valence-corrected chi connectivity index (χ4v) is 4.90. The van der Waals surface area contributed by atoms with Gasteiger partial charge in [-0.15, -0.1) is 0 Å². The summed E-state index contributed by atoms with van der Waals surface area (Å²) in [6.45, 7) is 0.326. The zero-order valence-corrected chi connectivity index (χ0v) is 10.5. The van der Waals surface area contributed by atoms with Crippen molar-refractivity contribution in [1.82, 2.24) is 0 Å². The summed E-state index contributed by atoms with van der Waals surface area (Å²) in [6.07, 6.45) is 12.4. The van der Waals surface area contributed by atoms with Crippen LogP contribution in [0.15, 0.2) is 12.2 Å². The highest BCUT2D eigenvalue weighted by Gasteiger charge is 2.57. The Morgan fingerprint density at radius 1 is 1.00 bits per heavy atom. The van der Waals surface area contributed by atoms with Crippen LogP contribution >= 0.6 is 0 Å². The van der Waals surface area contributed by atoms with E-state index in [2.05, 4.69) is 12.2 Å². The van der Waals surface area contributed by atoms with Crippen LogP contribution in [0, 0.1) is 29.1 Å². The predicted octanol–water partition coefficient (Wildman–Crippen LogP) is 2.36. The maximum absolute atomic E-state index is 9.85. The highest BCUT2D eigenvalue weighted by molar-refractivity contribution is 5.20. The predicted molar refractivity (Wildman–Crippen MR) is 67.4 cm³/mol. The van der Waals surface area contributed by atoms with Gasteiger partial charge in [0.1, 0.15) is 0 Å². The highest BCUT2D eigenvalue weighted by atomic mass is 16.3. The maximum atomic E-state index is 9.85. The van der Waals surface area contributed by atoms with Gasteiger partial charge in [-0.1, -0.05) is 44.3 Å². The smallest absolute Gasteiger partial charge is 0.0518 e. The van der Waals surface area contributed by atoms with Gasteiger partial charge in [-0.2, -0.15) is 0 Å². The molecule has 2 bridgehead atoms. The van der Waals surface area contributed by atoms with Gasteiger partial charge in [0.25, 0.3) is 0 Å². The van der Waals surface area contributed by atoms with Crippen molar-refractivity contribution < 1.29 is 10.2 Å². The van der Waals surface area contributed by atoms with E-state index in [4.69, 9.17) is 0 Å². The molecule has 2 saturated carbocycles. The van der Waals surface area contributed by atoms with E-state index in [1.54, 1.807) is 0 Å². The lowest BCUT2D eigenvalue weighted by atomic mass is 9.61. The van der Waals surface area contributed by atoms with Crippen LogP contribution in [0.4, 0.5) is 0 Å². The summed E-state index contributed by atoms with van der Waals surface area (Å²) in [5.74, 6) is 2.33. The van der Waals surface area contributed by atoms with Crippen molar-refractivity contribution >= 4 is 0 Å². The van der Waals surface area contributed by atoms with E-state index in [0.717, 1.165) is 5.92 Å². The molecule has 0 radical (unpaired) electrons. The van der Waals surface area contributed by atoms with Crippen LogP contribution in [0.5, 0.6) is 0 Å². The molecule has 0 amide bonds. The summed E-state index contributed by atoms with van der Waals surface area (Å²) in [6, 6.07) is 0. The first-order valence-electron chi connectivity index (χ1n) is 7.22. The Morgan fingerprint density at radius 3 is 2.35 bits per heavy atom. The Kier molecular flexibility index (Phi) is 3.04. The van der Waals surface area contributed by atoms with E-state index in [1.165, 1.54) is 38.5 Å². The van der Waals surface area contributed by atoms with Gasteiger partial charge < -0.3 is 10.2 Å². The molecule has 3 aliphatic carbocycles. The molecule has 0 spiro atoms. The molecule has 0 saturated heterocycles. The molecular weight excluding hydrogens is 212 g/mol. The van der Waals surface area contributed by atoms with Crippen LogP contribution in [0.3, 0.4) is 0 Å². The van der Waals surface area contributed by atoms with Crippen molar-refractivity contribution in [2.45, 2.75) is 38.5 Å². The second-order valence-corrected chi connectivity index (χ2v) is 6.36. The molecule has 2 N–H and O–H groups in total. The van der Waals surface area contributed by atoms with Gasteiger partial charge in [0.15, 0.2) is 0 Å². The molecule has 0 aliphatic heterocycles. The second kappa shape index (κ2) is 4.40. The van der Waals surface area contributed by atoms with E-state index in [0.29, 0.717) is 17.8 Å². The lowest BCUT2D eigenvalue weighted by Gasteiger charge is -2.44. The van der Waals surface area contributed by atoms with Crippen molar-refractivity contribution in [2.75, 3.05) is 13.2 Å². The van der Waals surface area contributed by atoms with Gasteiger partial charge >= 0.3 is 0 Å². The lowest BCUT2D eigenvalue weighted by Crippen LogP contribution is -2.45. The maximum Gasteiger partial charge on any atom is 0.0518 e. The van der Waals surface area contributed by atoms with Gasteiger partial charge in [0.2, 0.25) is 0 Å². The van der Waals surface area contributed by atoms with E-state index in [-0.39, 0.29) is 18.6 Å². The number of rotatable bonds is 3. The monoisotopic (exact) mass is 236 g/mol. The summed E-state index contributed by atoms with van der Waals surface area (Å²) in [5.41, 5.74) is -0.207. The Labute approximate surface area is 104 Å². The number of hydrogen-bond donors (Lipinski definition) is 2. The number of aliphatic hydroxyl groups excluding tert-OH is 2. The molecule has 96 valence electrons. The molecule has 17 heavy (non-hydrogen) atoms. The molecule has 0 aromatic rings. The Balaban J connectivity index is 1.88.